The minimum Gasteiger partial charge on any atom is -0.478 e. The molecule has 0 unspecified atom stereocenters. The summed E-state index contributed by atoms with van der Waals surface area (Å²) in [5, 5.41) is 10.6. The molecule has 0 aliphatic rings. The van der Waals surface area contributed by atoms with E-state index in [2.05, 4.69) is 0 Å². The maximum absolute atomic E-state index is 11.8. The number of nitrogens with one attached hydrogen (secondary N) is 1. The van der Waals surface area contributed by atoms with E-state index in [9.17, 15) is 18.4 Å². The number of carboxylic acids is 1. The second-order valence-electron chi connectivity index (χ2n) is 3.02. The van der Waals surface area contributed by atoms with E-state index in [0.29, 0.717) is 5.56 Å². The monoisotopic (exact) mass is 229 g/mol. The van der Waals surface area contributed by atoms with E-state index in [0.717, 1.165) is 0 Å². The molecule has 4 nitrogen and oxygen atoms in total. The average Bonchev–Trinajstić information content (AvgIpc) is 2.26. The van der Waals surface area contributed by atoms with E-state index in [1.165, 1.54) is 24.3 Å². The van der Waals surface area contributed by atoms with Crippen LogP contribution in [0, 0.1) is 0 Å². The molecular weight excluding hydrogens is 220 g/mol. The van der Waals surface area contributed by atoms with Gasteiger partial charge in [-0.25, -0.2) is 4.79 Å². The molecule has 0 saturated heterocycles. The molecule has 86 valence electrons. The zero-order chi connectivity index (χ0) is 12.1. The number of alkyl halides is 2. The molecule has 0 aliphatic carbocycles. The number of carbonyl (C=O) groups is 2. The van der Waals surface area contributed by atoms with Crippen molar-refractivity contribution in [3.63, 3.8) is 0 Å². The summed E-state index contributed by atoms with van der Waals surface area (Å²) in [5.41, 5.74) is 0.655. The summed E-state index contributed by atoms with van der Waals surface area (Å²) in [4.78, 5) is 21.0. The number of hydrogen-bond acceptors (Lipinski definition) is 2. The van der Waals surface area contributed by atoms with Crippen molar-refractivity contribution in [1.29, 1.82) is 0 Å². The third-order valence-corrected chi connectivity index (χ3v) is 1.87. The molecule has 1 amide bonds. The van der Waals surface area contributed by atoms with Gasteiger partial charge in [-0.3, -0.25) is 4.79 Å². The Morgan fingerprint density at radius 2 is 1.81 bits per heavy atom. The van der Waals surface area contributed by atoms with Gasteiger partial charge in [-0.05, 0) is 17.7 Å². The fraction of sp³-hybridized carbons (Fsp3) is 0.200. The van der Waals surface area contributed by atoms with E-state index in [-0.39, 0.29) is 12.1 Å². The zero-order valence-electron chi connectivity index (χ0n) is 8.11. The van der Waals surface area contributed by atoms with Gasteiger partial charge in [-0.1, -0.05) is 12.1 Å². The number of aromatic carboxylic acids is 1. The number of halogens is 2. The second-order valence-corrected chi connectivity index (χ2v) is 3.02. The highest BCUT2D eigenvalue weighted by molar-refractivity contribution is 5.87. The molecule has 0 heterocycles. The van der Waals surface area contributed by atoms with Crippen LogP contribution in [-0.4, -0.2) is 23.4 Å². The quantitative estimate of drug-likeness (QED) is 0.816. The molecule has 16 heavy (non-hydrogen) atoms. The van der Waals surface area contributed by atoms with Crippen LogP contribution >= 0.6 is 0 Å². The first-order valence-electron chi connectivity index (χ1n) is 4.39. The van der Waals surface area contributed by atoms with Crippen molar-refractivity contribution >= 4 is 11.9 Å². The van der Waals surface area contributed by atoms with Crippen LogP contribution in [0.5, 0.6) is 0 Å². The van der Waals surface area contributed by atoms with Crippen LogP contribution in [0.25, 0.3) is 0 Å². The smallest absolute Gasteiger partial charge is 0.335 e. The largest absolute Gasteiger partial charge is 0.478 e. The van der Waals surface area contributed by atoms with Crippen LogP contribution in [-0.2, 0) is 11.3 Å². The number of carbonyl (C=O) groups excluding carboxylic acids is 1. The lowest BCUT2D eigenvalue weighted by atomic mass is 10.1. The average molecular weight is 229 g/mol. The van der Waals surface area contributed by atoms with Crippen molar-refractivity contribution in [2.24, 2.45) is 0 Å². The maximum atomic E-state index is 11.8. The van der Waals surface area contributed by atoms with Crippen molar-refractivity contribution in [2.45, 2.75) is 13.0 Å². The number of benzene rings is 1. The topological polar surface area (TPSA) is 66.4 Å². The van der Waals surface area contributed by atoms with Crippen molar-refractivity contribution in [3.05, 3.63) is 35.4 Å². The molecule has 1 aromatic carbocycles. The van der Waals surface area contributed by atoms with Gasteiger partial charge in [0.25, 0.3) is 5.91 Å². The standard InChI is InChI=1S/C10H9F2NO3/c11-8(12)9(14)13-5-6-1-3-7(4-2-6)10(15)16/h1-4,8H,5H2,(H,13,14)(H,15,16). The number of rotatable bonds is 4. The normalized spacial score (nSPS) is 10.2. The molecule has 0 aromatic heterocycles. The molecular formula is C10H9F2NO3. The minimum absolute atomic E-state index is 0.0525. The fourth-order valence-electron chi connectivity index (χ4n) is 1.03. The first-order chi connectivity index (χ1) is 7.50. The van der Waals surface area contributed by atoms with E-state index in [1.54, 1.807) is 0 Å². The minimum atomic E-state index is -3.04. The SMILES string of the molecule is O=C(O)c1ccc(CNC(=O)C(F)F)cc1. The van der Waals surface area contributed by atoms with Crippen molar-refractivity contribution < 1.29 is 23.5 Å². The summed E-state index contributed by atoms with van der Waals surface area (Å²) in [6.07, 6.45) is -3.04. The van der Waals surface area contributed by atoms with Gasteiger partial charge in [-0.15, -0.1) is 0 Å². The van der Waals surface area contributed by atoms with Crippen molar-refractivity contribution in [3.8, 4) is 0 Å². The van der Waals surface area contributed by atoms with Crippen LogP contribution in [0.1, 0.15) is 15.9 Å². The van der Waals surface area contributed by atoms with Gasteiger partial charge in [0, 0.05) is 6.54 Å². The lowest BCUT2D eigenvalue weighted by molar-refractivity contribution is -0.131. The fourth-order valence-corrected chi connectivity index (χ4v) is 1.03. The molecule has 0 atom stereocenters. The Balaban J connectivity index is 2.56. The molecule has 1 rings (SSSR count). The van der Waals surface area contributed by atoms with E-state index in [1.807, 2.05) is 5.32 Å². The molecule has 0 aliphatic heterocycles. The molecule has 0 radical (unpaired) electrons. The summed E-state index contributed by atoms with van der Waals surface area (Å²) in [5.74, 6) is -2.41. The lowest BCUT2D eigenvalue weighted by Gasteiger charge is -2.04. The van der Waals surface area contributed by atoms with E-state index >= 15 is 0 Å². The van der Waals surface area contributed by atoms with E-state index in [4.69, 9.17) is 5.11 Å². The van der Waals surface area contributed by atoms with Gasteiger partial charge in [0.05, 0.1) is 5.56 Å². The van der Waals surface area contributed by atoms with Gasteiger partial charge in [-0.2, -0.15) is 8.78 Å². The highest BCUT2D eigenvalue weighted by Gasteiger charge is 2.13. The van der Waals surface area contributed by atoms with Gasteiger partial charge < -0.3 is 10.4 Å². The predicted molar refractivity (Wildman–Crippen MR) is 51.3 cm³/mol. The molecule has 1 aromatic rings. The molecule has 0 spiro atoms. The Morgan fingerprint density at radius 3 is 2.25 bits per heavy atom. The Labute approximate surface area is 89.9 Å². The van der Waals surface area contributed by atoms with Crippen molar-refractivity contribution in [1.82, 2.24) is 5.32 Å². The second kappa shape index (κ2) is 5.20. The maximum Gasteiger partial charge on any atom is 0.335 e. The van der Waals surface area contributed by atoms with Crippen molar-refractivity contribution in [2.75, 3.05) is 0 Å². The summed E-state index contributed by atoms with van der Waals surface area (Å²) < 4.78 is 23.6. The molecule has 0 fully saturated rings. The van der Waals surface area contributed by atoms with Gasteiger partial charge in [0.1, 0.15) is 0 Å². The molecule has 0 saturated carbocycles. The van der Waals surface area contributed by atoms with Gasteiger partial charge >= 0.3 is 12.4 Å². The first kappa shape index (κ1) is 12.1. The Kier molecular flexibility index (Phi) is 3.93. The summed E-state index contributed by atoms with van der Waals surface area (Å²) in [7, 11) is 0. The Morgan fingerprint density at radius 1 is 1.25 bits per heavy atom. The lowest BCUT2D eigenvalue weighted by Crippen LogP contribution is -2.28. The zero-order valence-corrected chi connectivity index (χ0v) is 8.11. The third-order valence-electron chi connectivity index (χ3n) is 1.87. The number of amides is 1. The summed E-state index contributed by atoms with van der Waals surface area (Å²) in [6, 6.07) is 5.59. The first-order valence-corrected chi connectivity index (χ1v) is 4.39. The van der Waals surface area contributed by atoms with Crippen LogP contribution < -0.4 is 5.32 Å². The highest BCUT2D eigenvalue weighted by Crippen LogP contribution is 2.04. The number of carboxylic acid groups (broad SMARTS) is 1. The van der Waals surface area contributed by atoms with Crippen LogP contribution in [0.3, 0.4) is 0 Å². The third kappa shape index (κ3) is 3.30. The Bertz CT molecular complexity index is 390. The van der Waals surface area contributed by atoms with Gasteiger partial charge in [0.15, 0.2) is 0 Å². The molecule has 6 heteroatoms. The van der Waals surface area contributed by atoms with E-state index < -0.39 is 18.3 Å². The molecule has 2 N–H and O–H groups in total. The highest BCUT2D eigenvalue weighted by atomic mass is 19.3. The Hall–Kier alpha value is -1.98. The van der Waals surface area contributed by atoms with Gasteiger partial charge in [0.2, 0.25) is 0 Å². The van der Waals surface area contributed by atoms with Crippen LogP contribution in [0.15, 0.2) is 24.3 Å². The van der Waals surface area contributed by atoms with Crippen LogP contribution in [0.4, 0.5) is 8.78 Å². The summed E-state index contributed by atoms with van der Waals surface area (Å²) in [6.45, 7) is -0.0525. The summed E-state index contributed by atoms with van der Waals surface area (Å²) >= 11 is 0. The predicted octanol–water partition coefficient (Wildman–Crippen LogP) is 1.27. The number of hydrogen-bond donors (Lipinski definition) is 2. The van der Waals surface area contributed by atoms with Crippen LogP contribution in [0.2, 0.25) is 0 Å². The molecule has 0 bridgehead atoms.